The van der Waals surface area contributed by atoms with Crippen LogP contribution >= 0.6 is 0 Å². The highest BCUT2D eigenvalue weighted by Gasteiger charge is 2.03. The van der Waals surface area contributed by atoms with Crippen LogP contribution in [0.15, 0.2) is 24.3 Å². The summed E-state index contributed by atoms with van der Waals surface area (Å²) in [4.78, 5) is 2.19. The van der Waals surface area contributed by atoms with Crippen molar-refractivity contribution in [3.8, 4) is 5.75 Å². The minimum absolute atomic E-state index is 0.193. The Balaban J connectivity index is 2.30. The van der Waals surface area contributed by atoms with Crippen molar-refractivity contribution in [3.05, 3.63) is 24.3 Å². The summed E-state index contributed by atoms with van der Waals surface area (Å²) in [5.74, 6) is 0.797. The summed E-state index contributed by atoms with van der Waals surface area (Å²) in [5.41, 5.74) is 6.37. The van der Waals surface area contributed by atoms with Gasteiger partial charge in [0.05, 0.1) is 6.61 Å². The molecule has 0 saturated carbocycles. The van der Waals surface area contributed by atoms with Crippen molar-refractivity contribution in [2.75, 3.05) is 38.6 Å². The van der Waals surface area contributed by atoms with Crippen LogP contribution in [-0.2, 0) is 0 Å². The topological polar surface area (TPSA) is 58.7 Å². The highest BCUT2D eigenvalue weighted by atomic mass is 16.5. The van der Waals surface area contributed by atoms with Crippen molar-refractivity contribution < 1.29 is 9.84 Å². The molecule has 0 heterocycles. The number of hydrogen-bond acceptors (Lipinski definition) is 4. The maximum atomic E-state index is 8.92. The number of nitrogens with zero attached hydrogens (tertiary/aromatic N) is 1. The average Bonchev–Trinajstić information content (AvgIpc) is 2.30. The number of anilines is 1. The molecule has 4 heteroatoms. The van der Waals surface area contributed by atoms with Crippen LogP contribution in [-0.4, -0.2) is 42.9 Å². The first kappa shape index (κ1) is 13.8. The number of hydrogen-bond donors (Lipinski definition) is 2. The molecule has 0 unspecified atom stereocenters. The highest BCUT2D eigenvalue weighted by molar-refractivity contribution is 5.43. The summed E-state index contributed by atoms with van der Waals surface area (Å²) in [6, 6.07) is 7.42. The van der Waals surface area contributed by atoms with Gasteiger partial charge in [-0.15, -0.1) is 0 Å². The van der Waals surface area contributed by atoms with Crippen LogP contribution < -0.4 is 10.5 Å². The van der Waals surface area contributed by atoms with Crippen LogP contribution in [0.5, 0.6) is 5.75 Å². The second-order valence-electron chi connectivity index (χ2n) is 3.99. The fraction of sp³-hybridized carbons (Fsp3) is 0.538. The minimum atomic E-state index is 0.193. The minimum Gasteiger partial charge on any atom is -0.492 e. The van der Waals surface area contributed by atoms with Gasteiger partial charge < -0.3 is 15.6 Å². The van der Waals surface area contributed by atoms with E-state index < -0.39 is 0 Å². The molecule has 0 fully saturated rings. The van der Waals surface area contributed by atoms with Gasteiger partial charge in [-0.25, -0.2) is 0 Å². The Kier molecular flexibility index (Phi) is 6.43. The molecule has 0 atom stereocenters. The van der Waals surface area contributed by atoms with E-state index >= 15 is 0 Å². The van der Waals surface area contributed by atoms with E-state index in [0.29, 0.717) is 18.8 Å². The van der Waals surface area contributed by atoms with Crippen molar-refractivity contribution in [3.63, 3.8) is 0 Å². The van der Waals surface area contributed by atoms with Gasteiger partial charge in [-0.2, -0.15) is 0 Å². The fourth-order valence-electron chi connectivity index (χ4n) is 1.69. The molecule has 4 nitrogen and oxygen atoms in total. The van der Waals surface area contributed by atoms with Gasteiger partial charge in [0, 0.05) is 24.8 Å². The smallest absolute Gasteiger partial charge is 0.121 e. The molecular weight excluding hydrogens is 216 g/mol. The molecule has 0 amide bonds. The number of rotatable bonds is 8. The molecule has 0 spiro atoms. The number of benzene rings is 1. The highest BCUT2D eigenvalue weighted by Crippen LogP contribution is 2.14. The predicted molar refractivity (Wildman–Crippen MR) is 70.2 cm³/mol. The van der Waals surface area contributed by atoms with Crippen molar-refractivity contribution in [2.45, 2.75) is 13.3 Å². The normalized spacial score (nSPS) is 10.8. The van der Waals surface area contributed by atoms with Crippen molar-refractivity contribution in [1.29, 1.82) is 0 Å². The first-order chi connectivity index (χ1) is 8.26. The van der Waals surface area contributed by atoms with Gasteiger partial charge >= 0.3 is 0 Å². The second kappa shape index (κ2) is 7.92. The van der Waals surface area contributed by atoms with Gasteiger partial charge in [0.15, 0.2) is 0 Å². The Bertz CT molecular complexity index is 312. The molecule has 1 rings (SSSR count). The maximum Gasteiger partial charge on any atom is 0.121 e. The lowest BCUT2D eigenvalue weighted by molar-refractivity contribution is 0.168. The van der Waals surface area contributed by atoms with Gasteiger partial charge in [0.25, 0.3) is 0 Å². The summed E-state index contributed by atoms with van der Waals surface area (Å²) < 4.78 is 5.61. The first-order valence-corrected chi connectivity index (χ1v) is 6.07. The van der Waals surface area contributed by atoms with Gasteiger partial charge in [-0.3, -0.25) is 4.90 Å². The van der Waals surface area contributed by atoms with E-state index in [1.807, 2.05) is 24.3 Å². The van der Waals surface area contributed by atoms with Crippen LogP contribution in [0.25, 0.3) is 0 Å². The van der Waals surface area contributed by atoms with E-state index in [9.17, 15) is 0 Å². The SMILES string of the molecule is CCCN(CCO)CCOc1cccc(N)c1. The van der Waals surface area contributed by atoms with E-state index in [1.165, 1.54) is 0 Å². The maximum absolute atomic E-state index is 8.92. The predicted octanol–water partition coefficient (Wildman–Crippen LogP) is 1.35. The molecule has 0 radical (unpaired) electrons. The zero-order chi connectivity index (χ0) is 12.5. The summed E-state index contributed by atoms with van der Waals surface area (Å²) in [6.45, 7) is 5.45. The standard InChI is InChI=1S/C13H22N2O2/c1-2-6-15(7-9-16)8-10-17-13-5-3-4-12(14)11-13/h3-5,11,16H,2,6-10,14H2,1H3. The van der Waals surface area contributed by atoms with Gasteiger partial charge in [-0.1, -0.05) is 13.0 Å². The van der Waals surface area contributed by atoms with Crippen LogP contribution in [0.4, 0.5) is 5.69 Å². The molecule has 0 saturated heterocycles. The largest absolute Gasteiger partial charge is 0.492 e. The summed E-state index contributed by atoms with van der Waals surface area (Å²) >= 11 is 0. The Hall–Kier alpha value is -1.26. The van der Waals surface area contributed by atoms with Crippen LogP contribution in [0.1, 0.15) is 13.3 Å². The van der Waals surface area contributed by atoms with Gasteiger partial charge in [0.1, 0.15) is 12.4 Å². The number of aliphatic hydroxyl groups is 1. The lowest BCUT2D eigenvalue weighted by Gasteiger charge is -2.20. The van der Waals surface area contributed by atoms with E-state index in [2.05, 4.69) is 11.8 Å². The summed E-state index contributed by atoms with van der Waals surface area (Å²) in [7, 11) is 0. The molecular formula is C13H22N2O2. The zero-order valence-corrected chi connectivity index (χ0v) is 10.4. The van der Waals surface area contributed by atoms with Crippen LogP contribution in [0, 0.1) is 0 Å². The monoisotopic (exact) mass is 238 g/mol. The van der Waals surface area contributed by atoms with E-state index in [0.717, 1.165) is 25.3 Å². The molecule has 0 aromatic heterocycles. The third kappa shape index (κ3) is 5.56. The Morgan fingerprint density at radius 3 is 2.76 bits per heavy atom. The summed E-state index contributed by atoms with van der Waals surface area (Å²) in [6.07, 6.45) is 1.08. The number of nitrogen functional groups attached to an aromatic ring is 1. The van der Waals surface area contributed by atoms with Gasteiger partial charge in [0.2, 0.25) is 0 Å². The third-order valence-corrected chi connectivity index (χ3v) is 2.49. The van der Waals surface area contributed by atoms with E-state index in [-0.39, 0.29) is 6.61 Å². The molecule has 17 heavy (non-hydrogen) atoms. The Morgan fingerprint density at radius 2 is 2.12 bits per heavy atom. The third-order valence-electron chi connectivity index (χ3n) is 2.49. The van der Waals surface area contributed by atoms with Crippen LogP contribution in [0.3, 0.4) is 0 Å². The van der Waals surface area contributed by atoms with Crippen molar-refractivity contribution in [1.82, 2.24) is 4.90 Å². The lowest BCUT2D eigenvalue weighted by atomic mass is 10.3. The first-order valence-electron chi connectivity index (χ1n) is 6.07. The molecule has 96 valence electrons. The molecule has 1 aromatic rings. The lowest BCUT2D eigenvalue weighted by Crippen LogP contribution is -2.31. The second-order valence-corrected chi connectivity index (χ2v) is 3.99. The quantitative estimate of drug-likeness (QED) is 0.671. The van der Waals surface area contributed by atoms with Gasteiger partial charge in [-0.05, 0) is 25.1 Å². The molecule has 1 aromatic carbocycles. The van der Waals surface area contributed by atoms with E-state index in [4.69, 9.17) is 15.6 Å². The van der Waals surface area contributed by atoms with Crippen molar-refractivity contribution in [2.24, 2.45) is 0 Å². The molecule has 0 aliphatic carbocycles. The molecule has 0 aliphatic heterocycles. The molecule has 0 bridgehead atoms. The molecule has 3 N–H and O–H groups in total. The number of nitrogens with two attached hydrogens (primary N) is 1. The molecule has 0 aliphatic rings. The zero-order valence-electron chi connectivity index (χ0n) is 10.4. The number of aliphatic hydroxyl groups excluding tert-OH is 1. The van der Waals surface area contributed by atoms with Crippen LogP contribution in [0.2, 0.25) is 0 Å². The average molecular weight is 238 g/mol. The Morgan fingerprint density at radius 1 is 1.29 bits per heavy atom. The summed E-state index contributed by atoms with van der Waals surface area (Å²) in [5, 5.41) is 8.92. The Labute approximate surface area is 103 Å². The van der Waals surface area contributed by atoms with Crippen molar-refractivity contribution >= 4 is 5.69 Å². The van der Waals surface area contributed by atoms with E-state index in [1.54, 1.807) is 0 Å². The number of ether oxygens (including phenoxy) is 1. The fourth-order valence-corrected chi connectivity index (χ4v) is 1.69.